The van der Waals surface area contributed by atoms with Crippen LogP contribution in [-0.2, 0) is 14.3 Å². The Balaban J connectivity index is 2.74. The van der Waals surface area contributed by atoms with Gasteiger partial charge in [0.1, 0.15) is 0 Å². The number of rotatable bonds is 5. The van der Waals surface area contributed by atoms with Gasteiger partial charge in [0.2, 0.25) is 5.91 Å². The summed E-state index contributed by atoms with van der Waals surface area (Å²) in [5.41, 5.74) is -1.40. The summed E-state index contributed by atoms with van der Waals surface area (Å²) in [4.78, 5) is 27.9. The van der Waals surface area contributed by atoms with Gasteiger partial charge in [0, 0.05) is 17.0 Å². The number of ether oxygens (including phenoxy) is 1. The van der Waals surface area contributed by atoms with E-state index in [9.17, 15) is 9.59 Å². The van der Waals surface area contributed by atoms with Crippen molar-refractivity contribution in [3.8, 4) is 0 Å². The maximum Gasteiger partial charge on any atom is 0.311 e. The molecular formula is C13H20N2O3S. The van der Waals surface area contributed by atoms with Gasteiger partial charge in [-0.15, -0.1) is 11.3 Å². The Kier molecular flexibility index (Phi) is 4.68. The highest BCUT2D eigenvalue weighted by Gasteiger charge is 2.39. The predicted molar refractivity (Wildman–Crippen MR) is 74.9 cm³/mol. The normalized spacial score (nSPS) is 12.1. The highest BCUT2D eigenvalue weighted by molar-refractivity contribution is 7.13. The summed E-state index contributed by atoms with van der Waals surface area (Å²) < 4.78 is 4.77. The van der Waals surface area contributed by atoms with Crippen molar-refractivity contribution in [2.24, 2.45) is 10.8 Å². The Morgan fingerprint density at radius 3 is 2.42 bits per heavy atom. The van der Waals surface area contributed by atoms with E-state index in [-0.39, 0.29) is 11.9 Å². The molecule has 0 radical (unpaired) electrons. The lowest BCUT2D eigenvalue weighted by Crippen LogP contribution is -2.38. The van der Waals surface area contributed by atoms with Crippen LogP contribution in [0.5, 0.6) is 0 Å². The molecule has 0 spiro atoms. The fraction of sp³-hybridized carbons (Fsp3) is 0.615. The zero-order chi connectivity index (χ0) is 14.7. The standard InChI is InChI=1S/C13H20N2O3S/c1-12(2,8-13(3,4)10(17)18-5)9(16)15-11-14-6-7-19-11/h6-7H,8H2,1-5H3,(H,14,15,16). The van der Waals surface area contributed by atoms with Gasteiger partial charge in [0.05, 0.1) is 12.5 Å². The van der Waals surface area contributed by atoms with Crippen molar-refractivity contribution in [3.63, 3.8) is 0 Å². The Hall–Kier alpha value is -1.43. The molecule has 0 bridgehead atoms. The number of nitrogens with one attached hydrogen (secondary N) is 1. The molecule has 1 aromatic heterocycles. The number of hydrogen-bond acceptors (Lipinski definition) is 5. The van der Waals surface area contributed by atoms with Gasteiger partial charge in [-0.05, 0) is 20.3 Å². The van der Waals surface area contributed by atoms with E-state index < -0.39 is 10.8 Å². The minimum atomic E-state index is -0.710. The third kappa shape index (κ3) is 4.02. The molecule has 106 valence electrons. The molecule has 0 aliphatic heterocycles. The Morgan fingerprint density at radius 2 is 1.95 bits per heavy atom. The number of nitrogens with zero attached hydrogens (tertiary/aromatic N) is 1. The van der Waals surface area contributed by atoms with Crippen LogP contribution in [0.25, 0.3) is 0 Å². The third-order valence-corrected chi connectivity index (χ3v) is 3.58. The van der Waals surface area contributed by atoms with Crippen LogP contribution < -0.4 is 5.32 Å². The van der Waals surface area contributed by atoms with E-state index in [1.807, 2.05) is 0 Å². The fourth-order valence-electron chi connectivity index (χ4n) is 2.09. The molecule has 5 nitrogen and oxygen atoms in total. The van der Waals surface area contributed by atoms with Gasteiger partial charge in [-0.2, -0.15) is 0 Å². The molecule has 1 N–H and O–H groups in total. The SMILES string of the molecule is COC(=O)C(C)(C)CC(C)(C)C(=O)Nc1nccs1. The summed E-state index contributed by atoms with van der Waals surface area (Å²) in [6.07, 6.45) is 2.02. The van der Waals surface area contributed by atoms with Crippen molar-refractivity contribution in [1.82, 2.24) is 4.98 Å². The van der Waals surface area contributed by atoms with Crippen molar-refractivity contribution in [2.75, 3.05) is 12.4 Å². The molecule has 19 heavy (non-hydrogen) atoms. The second-order valence-electron chi connectivity index (χ2n) is 5.73. The number of hydrogen-bond donors (Lipinski definition) is 1. The largest absolute Gasteiger partial charge is 0.469 e. The van der Waals surface area contributed by atoms with Crippen LogP contribution in [0.2, 0.25) is 0 Å². The van der Waals surface area contributed by atoms with Crippen LogP contribution in [0.4, 0.5) is 5.13 Å². The molecule has 0 saturated carbocycles. The fourth-order valence-corrected chi connectivity index (χ4v) is 2.61. The number of carbonyl (C=O) groups excluding carboxylic acids is 2. The molecular weight excluding hydrogens is 264 g/mol. The van der Waals surface area contributed by atoms with Crippen molar-refractivity contribution >= 4 is 28.3 Å². The van der Waals surface area contributed by atoms with Gasteiger partial charge < -0.3 is 10.1 Å². The molecule has 0 aliphatic rings. The molecule has 0 atom stereocenters. The van der Waals surface area contributed by atoms with Crippen molar-refractivity contribution in [1.29, 1.82) is 0 Å². The van der Waals surface area contributed by atoms with Crippen molar-refractivity contribution < 1.29 is 14.3 Å². The molecule has 1 amide bonds. The molecule has 0 aromatic carbocycles. The second kappa shape index (κ2) is 5.69. The van der Waals surface area contributed by atoms with Gasteiger partial charge in [-0.1, -0.05) is 13.8 Å². The van der Waals surface area contributed by atoms with Crippen LogP contribution in [0.15, 0.2) is 11.6 Å². The van der Waals surface area contributed by atoms with E-state index in [0.29, 0.717) is 11.6 Å². The Labute approximate surface area is 117 Å². The lowest BCUT2D eigenvalue weighted by Gasteiger charge is -2.31. The monoisotopic (exact) mass is 284 g/mol. The maximum absolute atomic E-state index is 12.2. The summed E-state index contributed by atoms with van der Waals surface area (Å²) in [5, 5.41) is 5.11. The van der Waals surface area contributed by atoms with Gasteiger partial charge in [-0.25, -0.2) is 4.98 Å². The van der Waals surface area contributed by atoms with E-state index in [4.69, 9.17) is 4.74 Å². The first-order valence-electron chi connectivity index (χ1n) is 5.98. The Bertz CT molecular complexity index is 452. The average molecular weight is 284 g/mol. The minimum absolute atomic E-state index is 0.153. The lowest BCUT2D eigenvalue weighted by molar-refractivity contribution is -0.153. The van der Waals surface area contributed by atoms with Gasteiger partial charge in [0.25, 0.3) is 0 Å². The van der Waals surface area contributed by atoms with Crippen LogP contribution in [-0.4, -0.2) is 24.0 Å². The van der Waals surface area contributed by atoms with Gasteiger partial charge in [-0.3, -0.25) is 9.59 Å². The second-order valence-corrected chi connectivity index (χ2v) is 6.62. The summed E-state index contributed by atoms with van der Waals surface area (Å²) in [7, 11) is 1.35. The molecule has 1 aromatic rings. The summed E-state index contributed by atoms with van der Waals surface area (Å²) in [6.45, 7) is 7.16. The molecule has 1 heterocycles. The lowest BCUT2D eigenvalue weighted by atomic mass is 9.74. The molecule has 6 heteroatoms. The van der Waals surface area contributed by atoms with Crippen LogP contribution in [0.3, 0.4) is 0 Å². The molecule has 0 saturated heterocycles. The molecule has 0 aliphatic carbocycles. The third-order valence-electron chi connectivity index (χ3n) is 2.89. The Morgan fingerprint density at radius 1 is 1.32 bits per heavy atom. The number of aromatic nitrogens is 1. The number of thiazole rings is 1. The van der Waals surface area contributed by atoms with Gasteiger partial charge >= 0.3 is 5.97 Å². The highest BCUT2D eigenvalue weighted by atomic mass is 32.1. The first kappa shape index (κ1) is 15.6. The highest BCUT2D eigenvalue weighted by Crippen LogP contribution is 2.35. The number of anilines is 1. The minimum Gasteiger partial charge on any atom is -0.469 e. The van der Waals surface area contributed by atoms with E-state index in [2.05, 4.69) is 10.3 Å². The number of carbonyl (C=O) groups is 2. The van der Waals surface area contributed by atoms with Crippen molar-refractivity contribution in [3.05, 3.63) is 11.6 Å². The number of methoxy groups -OCH3 is 1. The van der Waals surface area contributed by atoms with E-state index in [1.165, 1.54) is 18.4 Å². The zero-order valence-corrected chi connectivity index (χ0v) is 12.8. The summed E-state index contributed by atoms with van der Waals surface area (Å²) >= 11 is 1.36. The summed E-state index contributed by atoms with van der Waals surface area (Å²) in [6, 6.07) is 0. The number of esters is 1. The first-order chi connectivity index (χ1) is 8.69. The van der Waals surface area contributed by atoms with E-state index >= 15 is 0 Å². The van der Waals surface area contributed by atoms with E-state index in [1.54, 1.807) is 39.3 Å². The quantitative estimate of drug-likeness (QED) is 0.844. The molecule has 0 fully saturated rings. The van der Waals surface area contributed by atoms with Crippen LogP contribution in [0, 0.1) is 10.8 Å². The molecule has 0 unspecified atom stereocenters. The first-order valence-corrected chi connectivity index (χ1v) is 6.86. The van der Waals surface area contributed by atoms with Gasteiger partial charge in [0.15, 0.2) is 5.13 Å². The number of amides is 1. The van der Waals surface area contributed by atoms with Crippen LogP contribution >= 0.6 is 11.3 Å². The topological polar surface area (TPSA) is 68.3 Å². The average Bonchev–Trinajstić information content (AvgIpc) is 2.79. The smallest absolute Gasteiger partial charge is 0.311 e. The van der Waals surface area contributed by atoms with Crippen molar-refractivity contribution in [2.45, 2.75) is 34.1 Å². The zero-order valence-electron chi connectivity index (χ0n) is 11.9. The summed E-state index contributed by atoms with van der Waals surface area (Å²) in [5.74, 6) is -0.470. The maximum atomic E-state index is 12.2. The van der Waals surface area contributed by atoms with Crippen LogP contribution in [0.1, 0.15) is 34.1 Å². The van der Waals surface area contributed by atoms with E-state index in [0.717, 1.165) is 0 Å². The predicted octanol–water partition coefficient (Wildman–Crippen LogP) is 2.70. The molecule has 1 rings (SSSR count).